The van der Waals surface area contributed by atoms with Gasteiger partial charge in [0.05, 0.1) is 12.6 Å². The zero-order chi connectivity index (χ0) is 16.3. The SMILES string of the molecule is Cc1cc(CNC(CO)c2cc(F)c(F)c(F)c2)ccc1Cl. The first-order valence-electron chi connectivity index (χ1n) is 6.66. The number of halogens is 4. The van der Waals surface area contributed by atoms with Crippen molar-refractivity contribution in [2.75, 3.05) is 6.61 Å². The Labute approximate surface area is 131 Å². The average Bonchev–Trinajstić information content (AvgIpc) is 2.48. The topological polar surface area (TPSA) is 32.3 Å². The average molecular weight is 330 g/mol. The molecule has 0 bridgehead atoms. The van der Waals surface area contributed by atoms with E-state index in [9.17, 15) is 18.3 Å². The van der Waals surface area contributed by atoms with E-state index >= 15 is 0 Å². The standard InChI is InChI=1S/C16H15ClF3NO/c1-9-4-10(2-3-12(9)17)7-21-15(8-22)11-5-13(18)16(20)14(19)6-11/h2-6,15,21-22H,7-8H2,1H3. The van der Waals surface area contributed by atoms with Crippen LogP contribution in [0.5, 0.6) is 0 Å². The summed E-state index contributed by atoms with van der Waals surface area (Å²) in [6.45, 7) is 1.85. The summed E-state index contributed by atoms with van der Waals surface area (Å²) in [6.07, 6.45) is 0. The summed E-state index contributed by atoms with van der Waals surface area (Å²) >= 11 is 5.94. The predicted molar refractivity (Wildman–Crippen MR) is 79.2 cm³/mol. The second-order valence-electron chi connectivity index (χ2n) is 5.00. The Morgan fingerprint density at radius 3 is 2.32 bits per heavy atom. The zero-order valence-electron chi connectivity index (χ0n) is 11.8. The van der Waals surface area contributed by atoms with Crippen LogP contribution in [0.3, 0.4) is 0 Å². The van der Waals surface area contributed by atoms with E-state index < -0.39 is 23.5 Å². The minimum atomic E-state index is -1.52. The highest BCUT2D eigenvalue weighted by molar-refractivity contribution is 6.31. The van der Waals surface area contributed by atoms with E-state index in [0.29, 0.717) is 11.6 Å². The van der Waals surface area contributed by atoms with Crippen LogP contribution < -0.4 is 5.32 Å². The number of benzene rings is 2. The highest BCUT2D eigenvalue weighted by atomic mass is 35.5. The monoisotopic (exact) mass is 329 g/mol. The molecule has 0 spiro atoms. The van der Waals surface area contributed by atoms with Gasteiger partial charge in [-0.3, -0.25) is 0 Å². The largest absolute Gasteiger partial charge is 0.394 e. The maximum atomic E-state index is 13.3. The number of aryl methyl sites for hydroxylation is 1. The Morgan fingerprint density at radius 2 is 1.77 bits per heavy atom. The molecule has 0 heterocycles. The molecule has 0 radical (unpaired) electrons. The fraction of sp³-hybridized carbons (Fsp3) is 0.250. The lowest BCUT2D eigenvalue weighted by atomic mass is 10.1. The summed E-state index contributed by atoms with van der Waals surface area (Å²) in [7, 11) is 0. The van der Waals surface area contributed by atoms with Gasteiger partial charge in [-0.05, 0) is 41.8 Å². The number of rotatable bonds is 5. The molecule has 2 nitrogen and oxygen atoms in total. The number of hydrogen-bond donors (Lipinski definition) is 2. The third-order valence-electron chi connectivity index (χ3n) is 3.37. The van der Waals surface area contributed by atoms with Crippen molar-refractivity contribution < 1.29 is 18.3 Å². The van der Waals surface area contributed by atoms with Crippen molar-refractivity contribution in [2.45, 2.75) is 19.5 Å². The molecular formula is C16H15ClF3NO. The summed E-state index contributed by atoms with van der Waals surface area (Å²) < 4.78 is 39.5. The molecule has 118 valence electrons. The van der Waals surface area contributed by atoms with Gasteiger partial charge in [0.2, 0.25) is 0 Å². The van der Waals surface area contributed by atoms with Crippen LogP contribution in [-0.4, -0.2) is 11.7 Å². The molecular weight excluding hydrogens is 315 g/mol. The summed E-state index contributed by atoms with van der Waals surface area (Å²) in [5.41, 5.74) is 1.95. The van der Waals surface area contributed by atoms with Gasteiger partial charge in [0.1, 0.15) is 0 Å². The predicted octanol–water partition coefficient (Wildman–Crippen LogP) is 3.89. The summed E-state index contributed by atoms with van der Waals surface area (Å²) in [4.78, 5) is 0. The molecule has 1 atom stereocenters. The Morgan fingerprint density at radius 1 is 1.14 bits per heavy atom. The molecule has 1 unspecified atom stereocenters. The molecule has 0 aliphatic carbocycles. The van der Waals surface area contributed by atoms with Crippen molar-refractivity contribution in [1.82, 2.24) is 5.32 Å². The summed E-state index contributed by atoms with van der Waals surface area (Å²) in [5.74, 6) is -4.08. The maximum Gasteiger partial charge on any atom is 0.194 e. The lowest BCUT2D eigenvalue weighted by Crippen LogP contribution is -2.24. The molecule has 6 heteroatoms. The number of aliphatic hydroxyl groups is 1. The highest BCUT2D eigenvalue weighted by Gasteiger charge is 2.16. The molecule has 0 aliphatic heterocycles. The van der Waals surface area contributed by atoms with E-state index in [-0.39, 0.29) is 12.2 Å². The molecule has 0 amide bonds. The maximum absolute atomic E-state index is 13.3. The van der Waals surface area contributed by atoms with Gasteiger partial charge in [-0.25, -0.2) is 13.2 Å². The van der Waals surface area contributed by atoms with E-state index in [1.165, 1.54) is 0 Å². The molecule has 2 aromatic rings. The Kier molecular flexibility index (Phi) is 5.45. The first-order chi connectivity index (χ1) is 10.4. The first kappa shape index (κ1) is 16.8. The lowest BCUT2D eigenvalue weighted by Gasteiger charge is -2.17. The molecule has 2 aromatic carbocycles. The van der Waals surface area contributed by atoms with Gasteiger partial charge in [-0.1, -0.05) is 23.7 Å². The summed E-state index contributed by atoms with van der Waals surface area (Å²) in [6, 6.07) is 6.47. The summed E-state index contributed by atoms with van der Waals surface area (Å²) in [5, 5.41) is 13.0. The Hall–Kier alpha value is -1.56. The van der Waals surface area contributed by atoms with E-state index in [4.69, 9.17) is 11.6 Å². The van der Waals surface area contributed by atoms with Gasteiger partial charge in [0.15, 0.2) is 17.5 Å². The van der Waals surface area contributed by atoms with E-state index in [0.717, 1.165) is 23.3 Å². The van der Waals surface area contributed by atoms with E-state index in [1.54, 1.807) is 6.07 Å². The lowest BCUT2D eigenvalue weighted by molar-refractivity contribution is 0.242. The number of nitrogens with one attached hydrogen (secondary N) is 1. The fourth-order valence-electron chi connectivity index (χ4n) is 2.12. The molecule has 0 fully saturated rings. The molecule has 2 N–H and O–H groups in total. The van der Waals surface area contributed by atoms with Gasteiger partial charge in [-0.15, -0.1) is 0 Å². The normalized spacial score (nSPS) is 12.5. The van der Waals surface area contributed by atoms with Crippen LogP contribution >= 0.6 is 11.6 Å². The highest BCUT2D eigenvalue weighted by Crippen LogP contribution is 2.21. The Balaban J connectivity index is 2.14. The van der Waals surface area contributed by atoms with Crippen molar-refractivity contribution >= 4 is 11.6 Å². The zero-order valence-corrected chi connectivity index (χ0v) is 12.6. The van der Waals surface area contributed by atoms with Crippen molar-refractivity contribution in [1.29, 1.82) is 0 Å². The van der Waals surface area contributed by atoms with Crippen LogP contribution in [0.2, 0.25) is 5.02 Å². The van der Waals surface area contributed by atoms with Gasteiger partial charge in [-0.2, -0.15) is 0 Å². The quantitative estimate of drug-likeness (QED) is 0.816. The van der Waals surface area contributed by atoms with Gasteiger partial charge < -0.3 is 10.4 Å². The minimum absolute atomic E-state index is 0.143. The molecule has 22 heavy (non-hydrogen) atoms. The van der Waals surface area contributed by atoms with Crippen molar-refractivity contribution in [3.8, 4) is 0 Å². The molecule has 2 rings (SSSR count). The fourth-order valence-corrected chi connectivity index (χ4v) is 2.24. The van der Waals surface area contributed by atoms with Gasteiger partial charge in [0, 0.05) is 11.6 Å². The van der Waals surface area contributed by atoms with Crippen LogP contribution in [0.15, 0.2) is 30.3 Å². The first-order valence-corrected chi connectivity index (χ1v) is 7.04. The second-order valence-corrected chi connectivity index (χ2v) is 5.41. The van der Waals surface area contributed by atoms with Crippen LogP contribution in [0.1, 0.15) is 22.7 Å². The number of hydrogen-bond acceptors (Lipinski definition) is 2. The third kappa shape index (κ3) is 3.80. The smallest absolute Gasteiger partial charge is 0.194 e. The number of aliphatic hydroxyl groups excluding tert-OH is 1. The second kappa shape index (κ2) is 7.13. The molecule has 0 aromatic heterocycles. The van der Waals surface area contributed by atoms with Crippen molar-refractivity contribution in [3.05, 3.63) is 69.5 Å². The van der Waals surface area contributed by atoms with E-state index in [1.807, 2.05) is 19.1 Å². The van der Waals surface area contributed by atoms with E-state index in [2.05, 4.69) is 5.32 Å². The van der Waals surface area contributed by atoms with Crippen molar-refractivity contribution in [3.63, 3.8) is 0 Å². The van der Waals surface area contributed by atoms with Crippen molar-refractivity contribution in [2.24, 2.45) is 0 Å². The molecule has 0 saturated carbocycles. The Bertz CT molecular complexity index is 655. The molecule has 0 saturated heterocycles. The molecule has 0 aliphatic rings. The third-order valence-corrected chi connectivity index (χ3v) is 3.79. The van der Waals surface area contributed by atoms with Crippen LogP contribution in [0.4, 0.5) is 13.2 Å². The van der Waals surface area contributed by atoms with Crippen LogP contribution in [0.25, 0.3) is 0 Å². The van der Waals surface area contributed by atoms with Crippen LogP contribution in [0, 0.1) is 24.4 Å². The minimum Gasteiger partial charge on any atom is -0.394 e. The van der Waals surface area contributed by atoms with Crippen LogP contribution in [-0.2, 0) is 6.54 Å². The van der Waals surface area contributed by atoms with Gasteiger partial charge >= 0.3 is 0 Å². The van der Waals surface area contributed by atoms with Gasteiger partial charge in [0.25, 0.3) is 0 Å².